The van der Waals surface area contributed by atoms with E-state index in [9.17, 15) is 0 Å². The molecule has 0 spiro atoms. The van der Waals surface area contributed by atoms with Gasteiger partial charge in [-0.05, 0) is 30.9 Å². The number of hydrogen-bond acceptors (Lipinski definition) is 2. The lowest BCUT2D eigenvalue weighted by Gasteiger charge is -2.11. The summed E-state index contributed by atoms with van der Waals surface area (Å²) in [4.78, 5) is 0. The van der Waals surface area contributed by atoms with Gasteiger partial charge < -0.3 is 5.73 Å². The fraction of sp³-hybridized carbons (Fsp3) is 0.500. The molecule has 92 valence electrons. The highest BCUT2D eigenvalue weighted by Crippen LogP contribution is 2.27. The fourth-order valence-electron chi connectivity index (χ4n) is 2.34. The number of hydrogen-bond donors (Lipinski definition) is 1. The third-order valence-corrected chi connectivity index (χ3v) is 3.10. The van der Waals surface area contributed by atoms with Gasteiger partial charge in [0.05, 0.1) is 5.52 Å². The molecule has 1 heterocycles. The van der Waals surface area contributed by atoms with Crippen LogP contribution in [0, 0.1) is 5.92 Å². The van der Waals surface area contributed by atoms with Crippen LogP contribution in [-0.2, 0) is 13.5 Å². The summed E-state index contributed by atoms with van der Waals surface area (Å²) in [6.07, 6.45) is 1.04. The minimum atomic E-state index is 0.0498. The third kappa shape index (κ3) is 2.20. The van der Waals surface area contributed by atoms with Crippen molar-refractivity contribution < 1.29 is 0 Å². The molecular formula is C14H21N3. The average Bonchev–Trinajstić information content (AvgIpc) is 2.54. The van der Waals surface area contributed by atoms with Crippen LogP contribution in [0.1, 0.15) is 38.1 Å². The van der Waals surface area contributed by atoms with E-state index < -0.39 is 0 Å². The number of nitrogens with two attached hydrogens (primary N) is 1. The van der Waals surface area contributed by atoms with Gasteiger partial charge in [-0.15, -0.1) is 0 Å². The summed E-state index contributed by atoms with van der Waals surface area (Å²) in [6.45, 7) is 6.49. The van der Waals surface area contributed by atoms with E-state index in [2.05, 4.69) is 31.1 Å². The Labute approximate surface area is 103 Å². The first kappa shape index (κ1) is 12.1. The van der Waals surface area contributed by atoms with E-state index in [1.165, 1.54) is 16.6 Å². The number of fused-ring (bicyclic) bond motifs is 1. The zero-order chi connectivity index (χ0) is 12.6. The molecule has 2 N–H and O–H groups in total. The van der Waals surface area contributed by atoms with Crippen molar-refractivity contribution in [3.63, 3.8) is 0 Å². The lowest BCUT2D eigenvalue weighted by molar-refractivity contribution is 0.599. The second-order valence-electron chi connectivity index (χ2n) is 5.20. The number of nitrogens with zero attached hydrogens (tertiary/aromatic N) is 2. The van der Waals surface area contributed by atoms with Gasteiger partial charge in [-0.25, -0.2) is 0 Å². The van der Waals surface area contributed by atoms with Gasteiger partial charge in [-0.2, -0.15) is 5.10 Å². The lowest BCUT2D eigenvalue weighted by Crippen LogP contribution is -2.07. The molecule has 0 aliphatic carbocycles. The highest BCUT2D eigenvalue weighted by molar-refractivity contribution is 5.85. The minimum absolute atomic E-state index is 0.0498. The van der Waals surface area contributed by atoms with Crippen LogP contribution < -0.4 is 5.73 Å². The number of rotatable bonds is 3. The predicted molar refractivity (Wildman–Crippen MR) is 71.9 cm³/mol. The Morgan fingerprint density at radius 1 is 1.29 bits per heavy atom. The van der Waals surface area contributed by atoms with Gasteiger partial charge in [0.25, 0.3) is 0 Å². The van der Waals surface area contributed by atoms with Crippen molar-refractivity contribution in [1.82, 2.24) is 9.78 Å². The summed E-state index contributed by atoms with van der Waals surface area (Å²) in [5, 5.41) is 5.82. The molecule has 1 aromatic heterocycles. The molecule has 1 aromatic carbocycles. The first-order valence-electron chi connectivity index (χ1n) is 6.20. The normalized spacial score (nSPS) is 13.5. The predicted octanol–water partition coefficient (Wildman–Crippen LogP) is 2.79. The number of aryl methyl sites for hydroxylation is 1. The highest BCUT2D eigenvalue weighted by Gasteiger charge is 2.15. The van der Waals surface area contributed by atoms with Crippen molar-refractivity contribution in [2.24, 2.45) is 18.7 Å². The molecule has 2 aromatic rings. The Morgan fingerprint density at radius 3 is 2.59 bits per heavy atom. The molecule has 1 unspecified atom stereocenters. The van der Waals surface area contributed by atoms with Crippen molar-refractivity contribution in [2.45, 2.75) is 33.2 Å². The molecule has 0 saturated carbocycles. The number of benzene rings is 1. The summed E-state index contributed by atoms with van der Waals surface area (Å²) in [5.41, 5.74) is 9.60. The Morgan fingerprint density at radius 2 is 2.00 bits per heavy atom. The smallest absolute Gasteiger partial charge is 0.0929 e. The number of aromatic nitrogens is 2. The van der Waals surface area contributed by atoms with Crippen LogP contribution in [0.3, 0.4) is 0 Å². The van der Waals surface area contributed by atoms with Gasteiger partial charge in [0.1, 0.15) is 0 Å². The van der Waals surface area contributed by atoms with E-state index in [1.54, 1.807) is 0 Å². The monoisotopic (exact) mass is 231 g/mol. The van der Waals surface area contributed by atoms with Gasteiger partial charge in [0.15, 0.2) is 0 Å². The molecule has 0 fully saturated rings. The molecule has 0 bridgehead atoms. The second kappa shape index (κ2) is 4.49. The summed E-state index contributed by atoms with van der Waals surface area (Å²) in [6, 6.07) is 6.25. The van der Waals surface area contributed by atoms with Crippen molar-refractivity contribution in [3.05, 3.63) is 29.5 Å². The van der Waals surface area contributed by atoms with Crippen molar-refractivity contribution >= 4 is 10.9 Å². The second-order valence-corrected chi connectivity index (χ2v) is 5.20. The summed E-state index contributed by atoms with van der Waals surface area (Å²) >= 11 is 0. The van der Waals surface area contributed by atoms with Crippen LogP contribution in [0.5, 0.6) is 0 Å². The Kier molecular flexibility index (Phi) is 3.20. The molecule has 3 heteroatoms. The molecule has 2 rings (SSSR count). The largest absolute Gasteiger partial charge is 0.324 e. The van der Waals surface area contributed by atoms with Crippen molar-refractivity contribution in [3.8, 4) is 0 Å². The molecule has 0 radical (unpaired) electrons. The van der Waals surface area contributed by atoms with Gasteiger partial charge in [-0.1, -0.05) is 26.0 Å². The van der Waals surface area contributed by atoms with Crippen LogP contribution in [0.2, 0.25) is 0 Å². The first-order valence-corrected chi connectivity index (χ1v) is 6.20. The molecule has 0 aliphatic heterocycles. The molecule has 17 heavy (non-hydrogen) atoms. The standard InChI is InChI=1S/C14H21N3/c1-9(2)8-13-14-11(10(3)15)6-5-7-12(14)16-17(13)4/h5-7,9-10H,8,15H2,1-4H3. The summed E-state index contributed by atoms with van der Waals surface area (Å²) < 4.78 is 2.00. The van der Waals surface area contributed by atoms with Crippen molar-refractivity contribution in [1.29, 1.82) is 0 Å². The zero-order valence-electron chi connectivity index (χ0n) is 11.1. The van der Waals surface area contributed by atoms with Gasteiger partial charge in [-0.3, -0.25) is 4.68 Å². The Hall–Kier alpha value is -1.35. The molecule has 0 aliphatic rings. The molecule has 1 atom stereocenters. The maximum absolute atomic E-state index is 6.05. The van der Waals surface area contributed by atoms with E-state index >= 15 is 0 Å². The SMILES string of the molecule is CC(C)Cc1c2c(C(C)N)cccc2nn1C. The minimum Gasteiger partial charge on any atom is -0.324 e. The van der Waals surface area contributed by atoms with Gasteiger partial charge in [0, 0.05) is 24.2 Å². The van der Waals surface area contributed by atoms with Crippen LogP contribution in [0.15, 0.2) is 18.2 Å². The van der Waals surface area contributed by atoms with Crippen LogP contribution in [0.4, 0.5) is 0 Å². The Bertz CT molecular complexity index is 523. The molecule has 3 nitrogen and oxygen atoms in total. The zero-order valence-corrected chi connectivity index (χ0v) is 11.1. The lowest BCUT2D eigenvalue weighted by atomic mass is 9.98. The van der Waals surface area contributed by atoms with Gasteiger partial charge >= 0.3 is 0 Å². The van der Waals surface area contributed by atoms with Gasteiger partial charge in [0.2, 0.25) is 0 Å². The maximum Gasteiger partial charge on any atom is 0.0929 e. The first-order chi connectivity index (χ1) is 8.00. The molecule has 0 amide bonds. The third-order valence-electron chi connectivity index (χ3n) is 3.10. The highest BCUT2D eigenvalue weighted by atomic mass is 15.3. The van der Waals surface area contributed by atoms with Crippen LogP contribution in [0.25, 0.3) is 10.9 Å². The van der Waals surface area contributed by atoms with Crippen LogP contribution in [-0.4, -0.2) is 9.78 Å². The molecule has 0 saturated heterocycles. The average molecular weight is 231 g/mol. The van der Waals surface area contributed by atoms with Crippen molar-refractivity contribution in [2.75, 3.05) is 0 Å². The van der Waals surface area contributed by atoms with E-state index in [-0.39, 0.29) is 6.04 Å². The Balaban J connectivity index is 2.68. The fourth-order valence-corrected chi connectivity index (χ4v) is 2.34. The van der Waals surface area contributed by atoms with E-state index in [0.717, 1.165) is 11.9 Å². The quantitative estimate of drug-likeness (QED) is 0.882. The summed E-state index contributed by atoms with van der Waals surface area (Å²) in [5.74, 6) is 0.620. The topological polar surface area (TPSA) is 43.8 Å². The van der Waals surface area contributed by atoms with E-state index in [1.807, 2.05) is 24.7 Å². The maximum atomic E-state index is 6.05. The van der Waals surface area contributed by atoms with E-state index in [4.69, 9.17) is 5.73 Å². The summed E-state index contributed by atoms with van der Waals surface area (Å²) in [7, 11) is 2.02. The van der Waals surface area contributed by atoms with Crippen LogP contribution >= 0.6 is 0 Å². The van der Waals surface area contributed by atoms with E-state index in [0.29, 0.717) is 5.92 Å². The molecular weight excluding hydrogens is 210 g/mol.